The van der Waals surface area contributed by atoms with Gasteiger partial charge in [-0.25, -0.2) is 9.18 Å². The van der Waals surface area contributed by atoms with Gasteiger partial charge in [-0.2, -0.15) is 0 Å². The minimum absolute atomic E-state index is 0.0966. The lowest BCUT2D eigenvalue weighted by atomic mass is 10.3. The number of hydrogen-bond acceptors (Lipinski definition) is 2. The van der Waals surface area contributed by atoms with Crippen molar-refractivity contribution in [2.75, 3.05) is 11.9 Å². The van der Waals surface area contributed by atoms with Crippen LogP contribution in [0.15, 0.2) is 18.2 Å². The fourth-order valence-corrected chi connectivity index (χ4v) is 1.13. The smallest absolute Gasteiger partial charge is 0.312 e. The first-order valence-electron chi connectivity index (χ1n) is 4.27. The van der Waals surface area contributed by atoms with E-state index in [1.807, 2.05) is 0 Å². The molecular weight excluding hydrogens is 237 g/mol. The summed E-state index contributed by atoms with van der Waals surface area (Å²) < 4.78 is 12.8. The summed E-state index contributed by atoms with van der Waals surface area (Å²) >= 11 is 5.51. The molecule has 0 spiro atoms. The van der Waals surface area contributed by atoms with E-state index in [4.69, 9.17) is 17.3 Å². The maximum Gasteiger partial charge on any atom is 0.312 e. The van der Waals surface area contributed by atoms with E-state index in [2.05, 4.69) is 10.6 Å². The molecule has 0 aliphatic carbocycles. The van der Waals surface area contributed by atoms with E-state index < -0.39 is 17.8 Å². The molecule has 0 unspecified atom stereocenters. The van der Waals surface area contributed by atoms with Crippen LogP contribution in [0.2, 0.25) is 5.02 Å². The van der Waals surface area contributed by atoms with E-state index in [0.29, 0.717) is 5.69 Å². The number of benzene rings is 1. The maximum atomic E-state index is 12.8. The summed E-state index contributed by atoms with van der Waals surface area (Å²) in [5.74, 6) is -1.06. The standard InChI is InChI=1S/C9H9ClFN3O2/c10-6-3-5(1-2-7(6)11)14-8(15)4-13-9(12)16/h1-3H,4H2,(H,14,15)(H3,12,13,16). The highest BCUT2D eigenvalue weighted by Gasteiger charge is 2.05. The molecule has 4 N–H and O–H groups in total. The van der Waals surface area contributed by atoms with Crippen molar-refractivity contribution in [3.63, 3.8) is 0 Å². The third-order valence-electron chi connectivity index (χ3n) is 1.63. The Labute approximate surface area is 95.8 Å². The molecule has 1 rings (SSSR count). The number of carbonyl (C=O) groups excluding carboxylic acids is 2. The Hall–Kier alpha value is -1.82. The van der Waals surface area contributed by atoms with Crippen LogP contribution in [0.4, 0.5) is 14.9 Å². The molecule has 0 aliphatic heterocycles. The molecule has 0 saturated carbocycles. The molecule has 0 aromatic heterocycles. The van der Waals surface area contributed by atoms with Gasteiger partial charge in [-0.05, 0) is 18.2 Å². The quantitative estimate of drug-likeness (QED) is 0.745. The maximum absolute atomic E-state index is 12.8. The molecular formula is C9H9ClFN3O2. The van der Waals surface area contributed by atoms with E-state index >= 15 is 0 Å². The van der Waals surface area contributed by atoms with Gasteiger partial charge in [0, 0.05) is 5.69 Å². The van der Waals surface area contributed by atoms with Gasteiger partial charge in [0.05, 0.1) is 11.6 Å². The number of anilines is 1. The zero-order chi connectivity index (χ0) is 12.1. The Morgan fingerprint density at radius 2 is 2.12 bits per heavy atom. The molecule has 1 aromatic carbocycles. The first kappa shape index (κ1) is 12.3. The second-order valence-electron chi connectivity index (χ2n) is 2.89. The van der Waals surface area contributed by atoms with Crippen LogP contribution in [-0.4, -0.2) is 18.5 Å². The molecule has 0 aliphatic rings. The molecule has 1 aromatic rings. The summed E-state index contributed by atoms with van der Waals surface area (Å²) in [6.45, 7) is -0.260. The third-order valence-corrected chi connectivity index (χ3v) is 1.92. The number of urea groups is 1. The van der Waals surface area contributed by atoms with Crippen LogP contribution < -0.4 is 16.4 Å². The van der Waals surface area contributed by atoms with Crippen LogP contribution in [0, 0.1) is 5.82 Å². The van der Waals surface area contributed by atoms with Crippen molar-refractivity contribution in [2.45, 2.75) is 0 Å². The van der Waals surface area contributed by atoms with E-state index in [1.54, 1.807) is 0 Å². The van der Waals surface area contributed by atoms with Crippen LogP contribution in [0.1, 0.15) is 0 Å². The summed E-state index contributed by atoms with van der Waals surface area (Å²) in [6.07, 6.45) is 0. The largest absolute Gasteiger partial charge is 0.352 e. The van der Waals surface area contributed by atoms with Crippen molar-refractivity contribution in [3.05, 3.63) is 29.0 Å². The number of carbonyl (C=O) groups is 2. The SMILES string of the molecule is NC(=O)NCC(=O)Nc1ccc(F)c(Cl)c1. The minimum Gasteiger partial charge on any atom is -0.352 e. The number of amides is 3. The normalized spacial score (nSPS) is 9.62. The van der Waals surface area contributed by atoms with Crippen molar-refractivity contribution in [1.29, 1.82) is 0 Å². The molecule has 0 fully saturated rings. The van der Waals surface area contributed by atoms with Gasteiger partial charge < -0.3 is 16.4 Å². The van der Waals surface area contributed by atoms with E-state index in [0.717, 1.165) is 6.07 Å². The molecule has 86 valence electrons. The third kappa shape index (κ3) is 3.74. The molecule has 7 heteroatoms. The molecule has 16 heavy (non-hydrogen) atoms. The highest BCUT2D eigenvalue weighted by atomic mass is 35.5. The minimum atomic E-state index is -0.799. The van der Waals surface area contributed by atoms with Gasteiger partial charge in [-0.1, -0.05) is 11.6 Å². The average Bonchev–Trinajstić information content (AvgIpc) is 2.21. The van der Waals surface area contributed by atoms with E-state index in [1.165, 1.54) is 12.1 Å². The lowest BCUT2D eigenvalue weighted by Gasteiger charge is -2.05. The Morgan fingerprint density at radius 1 is 1.44 bits per heavy atom. The highest BCUT2D eigenvalue weighted by Crippen LogP contribution is 2.18. The summed E-state index contributed by atoms with van der Waals surface area (Å²) in [6, 6.07) is 2.94. The predicted octanol–water partition coefficient (Wildman–Crippen LogP) is 1.09. The second-order valence-corrected chi connectivity index (χ2v) is 3.30. The highest BCUT2D eigenvalue weighted by molar-refractivity contribution is 6.31. The lowest BCUT2D eigenvalue weighted by molar-refractivity contribution is -0.115. The monoisotopic (exact) mass is 245 g/mol. The van der Waals surface area contributed by atoms with Gasteiger partial charge in [0.1, 0.15) is 5.82 Å². The van der Waals surface area contributed by atoms with Gasteiger partial charge in [-0.3, -0.25) is 4.79 Å². The first-order valence-corrected chi connectivity index (χ1v) is 4.65. The van der Waals surface area contributed by atoms with Crippen molar-refractivity contribution in [1.82, 2.24) is 5.32 Å². The summed E-state index contributed by atoms with van der Waals surface area (Å²) in [4.78, 5) is 21.5. The first-order chi connectivity index (χ1) is 7.49. The van der Waals surface area contributed by atoms with Crippen molar-refractivity contribution in [2.24, 2.45) is 5.73 Å². The van der Waals surface area contributed by atoms with Crippen LogP contribution in [0.25, 0.3) is 0 Å². The Morgan fingerprint density at radius 3 is 2.69 bits per heavy atom. The number of primary amides is 1. The van der Waals surface area contributed by atoms with Gasteiger partial charge >= 0.3 is 6.03 Å². The van der Waals surface area contributed by atoms with Gasteiger partial charge in [0.25, 0.3) is 0 Å². The van der Waals surface area contributed by atoms with Gasteiger partial charge in [0.15, 0.2) is 0 Å². The van der Waals surface area contributed by atoms with Gasteiger partial charge in [-0.15, -0.1) is 0 Å². The number of nitrogens with one attached hydrogen (secondary N) is 2. The van der Waals surface area contributed by atoms with Crippen molar-refractivity contribution >= 4 is 29.2 Å². The summed E-state index contributed by atoms with van der Waals surface area (Å²) in [5, 5.41) is 4.42. The fraction of sp³-hybridized carbons (Fsp3) is 0.111. The topological polar surface area (TPSA) is 84.2 Å². The number of hydrogen-bond donors (Lipinski definition) is 3. The van der Waals surface area contributed by atoms with E-state index in [-0.39, 0.29) is 11.6 Å². The molecule has 0 bridgehead atoms. The van der Waals surface area contributed by atoms with Gasteiger partial charge in [0.2, 0.25) is 5.91 Å². The number of nitrogens with two attached hydrogens (primary N) is 1. The Kier molecular flexibility index (Phi) is 4.07. The predicted molar refractivity (Wildman–Crippen MR) is 57.6 cm³/mol. The summed E-state index contributed by atoms with van der Waals surface area (Å²) in [5.41, 5.74) is 5.11. The lowest BCUT2D eigenvalue weighted by Crippen LogP contribution is -2.36. The molecule has 0 atom stereocenters. The molecule has 5 nitrogen and oxygen atoms in total. The summed E-state index contributed by atoms with van der Waals surface area (Å²) in [7, 11) is 0. The van der Waals surface area contributed by atoms with Crippen LogP contribution in [0.3, 0.4) is 0 Å². The van der Waals surface area contributed by atoms with Crippen LogP contribution in [-0.2, 0) is 4.79 Å². The fourth-order valence-electron chi connectivity index (χ4n) is 0.946. The zero-order valence-electron chi connectivity index (χ0n) is 8.09. The zero-order valence-corrected chi connectivity index (χ0v) is 8.84. The van der Waals surface area contributed by atoms with E-state index in [9.17, 15) is 14.0 Å². The van der Waals surface area contributed by atoms with Crippen LogP contribution >= 0.6 is 11.6 Å². The number of rotatable bonds is 3. The van der Waals surface area contributed by atoms with Crippen LogP contribution in [0.5, 0.6) is 0 Å². The molecule has 0 heterocycles. The second kappa shape index (κ2) is 5.32. The average molecular weight is 246 g/mol. The molecule has 0 saturated heterocycles. The number of halogens is 2. The molecule has 3 amide bonds. The van der Waals surface area contributed by atoms with Crippen molar-refractivity contribution < 1.29 is 14.0 Å². The Balaban J connectivity index is 2.56. The van der Waals surface area contributed by atoms with Crippen molar-refractivity contribution in [3.8, 4) is 0 Å². The molecule has 0 radical (unpaired) electrons. The Bertz CT molecular complexity index is 425.